The molecule has 0 spiro atoms. The number of alkyl halides is 3. The first-order valence-electron chi connectivity index (χ1n) is 9.22. The average molecular weight is 422 g/mol. The summed E-state index contributed by atoms with van der Waals surface area (Å²) in [6.45, 7) is 0.716. The minimum absolute atomic E-state index is 0.0408. The molecule has 1 aliphatic heterocycles. The van der Waals surface area contributed by atoms with Gasteiger partial charge >= 0.3 is 6.18 Å². The predicted octanol–water partition coefficient (Wildman–Crippen LogP) is 3.94. The summed E-state index contributed by atoms with van der Waals surface area (Å²) in [6, 6.07) is 11.0. The summed E-state index contributed by atoms with van der Waals surface area (Å²) in [5, 5.41) is 2.69. The zero-order valence-corrected chi connectivity index (χ0v) is 16.5. The lowest BCUT2D eigenvalue weighted by Crippen LogP contribution is -2.28. The lowest BCUT2D eigenvalue weighted by atomic mass is 10.1. The van der Waals surface area contributed by atoms with E-state index < -0.39 is 18.7 Å². The number of nitrogens with one attached hydrogen (secondary N) is 1. The van der Waals surface area contributed by atoms with Crippen molar-refractivity contribution in [3.05, 3.63) is 48.0 Å². The number of benzene rings is 2. The van der Waals surface area contributed by atoms with Crippen molar-refractivity contribution in [3.63, 3.8) is 0 Å². The van der Waals surface area contributed by atoms with E-state index >= 15 is 0 Å². The van der Waals surface area contributed by atoms with Crippen molar-refractivity contribution in [1.29, 1.82) is 0 Å². The summed E-state index contributed by atoms with van der Waals surface area (Å²) in [5.74, 6) is -0.510. The van der Waals surface area contributed by atoms with Gasteiger partial charge in [0.05, 0.1) is 18.7 Å². The average Bonchev–Trinajstić information content (AvgIpc) is 3.08. The van der Waals surface area contributed by atoms with Gasteiger partial charge in [0.1, 0.15) is 11.5 Å². The SMILES string of the molecule is COc1ccc(C)cc1N1CC(C(=O)Nc2ccc(OCC(F)(F)F)cc2)CC1=O. The maximum absolute atomic E-state index is 12.6. The van der Waals surface area contributed by atoms with E-state index in [1.54, 1.807) is 6.07 Å². The third kappa shape index (κ3) is 5.22. The van der Waals surface area contributed by atoms with Crippen molar-refractivity contribution in [3.8, 4) is 11.5 Å². The van der Waals surface area contributed by atoms with Gasteiger partial charge in [-0.3, -0.25) is 9.59 Å². The second-order valence-corrected chi connectivity index (χ2v) is 7.00. The maximum atomic E-state index is 12.6. The van der Waals surface area contributed by atoms with Crippen molar-refractivity contribution >= 4 is 23.2 Å². The lowest BCUT2D eigenvalue weighted by molar-refractivity contribution is -0.153. The van der Waals surface area contributed by atoms with E-state index in [0.29, 0.717) is 17.1 Å². The number of aryl methyl sites for hydroxylation is 1. The summed E-state index contributed by atoms with van der Waals surface area (Å²) < 4.78 is 46.6. The van der Waals surface area contributed by atoms with Crippen LogP contribution in [0.5, 0.6) is 11.5 Å². The van der Waals surface area contributed by atoms with E-state index in [4.69, 9.17) is 4.74 Å². The fraction of sp³-hybridized carbons (Fsp3) is 0.333. The third-order valence-electron chi connectivity index (χ3n) is 4.65. The maximum Gasteiger partial charge on any atom is 0.422 e. The van der Waals surface area contributed by atoms with Crippen LogP contribution >= 0.6 is 0 Å². The first kappa shape index (κ1) is 21.5. The molecule has 1 heterocycles. The molecule has 0 aromatic heterocycles. The topological polar surface area (TPSA) is 67.9 Å². The number of hydrogen-bond acceptors (Lipinski definition) is 4. The van der Waals surface area contributed by atoms with Crippen LogP contribution < -0.4 is 19.7 Å². The highest BCUT2D eigenvalue weighted by Gasteiger charge is 2.36. The van der Waals surface area contributed by atoms with Crippen LogP contribution in [-0.4, -0.2) is 38.3 Å². The Bertz CT molecular complexity index is 929. The van der Waals surface area contributed by atoms with Gasteiger partial charge in [-0.15, -0.1) is 0 Å². The Morgan fingerprint density at radius 3 is 2.53 bits per heavy atom. The van der Waals surface area contributed by atoms with E-state index in [9.17, 15) is 22.8 Å². The van der Waals surface area contributed by atoms with Gasteiger partial charge in [-0.25, -0.2) is 0 Å². The highest BCUT2D eigenvalue weighted by molar-refractivity contribution is 6.04. The molecule has 3 rings (SSSR count). The zero-order valence-electron chi connectivity index (χ0n) is 16.5. The Kier molecular flexibility index (Phi) is 6.19. The Balaban J connectivity index is 1.63. The highest BCUT2D eigenvalue weighted by atomic mass is 19.4. The quantitative estimate of drug-likeness (QED) is 0.766. The molecule has 2 aromatic carbocycles. The molecule has 9 heteroatoms. The molecule has 1 saturated heterocycles. The van der Waals surface area contributed by atoms with Crippen molar-refractivity contribution in [2.24, 2.45) is 5.92 Å². The minimum Gasteiger partial charge on any atom is -0.495 e. The number of amides is 2. The molecule has 160 valence electrons. The van der Waals surface area contributed by atoms with E-state index in [0.717, 1.165) is 5.56 Å². The van der Waals surface area contributed by atoms with Crippen LogP contribution in [0.1, 0.15) is 12.0 Å². The summed E-state index contributed by atoms with van der Waals surface area (Å²) in [6.07, 6.45) is -4.37. The first-order valence-corrected chi connectivity index (χ1v) is 9.22. The Hall–Kier alpha value is -3.23. The summed E-state index contributed by atoms with van der Waals surface area (Å²) >= 11 is 0. The molecule has 1 atom stereocenters. The van der Waals surface area contributed by atoms with Gasteiger partial charge in [0, 0.05) is 18.7 Å². The molecule has 1 unspecified atom stereocenters. The van der Waals surface area contributed by atoms with E-state index in [1.165, 1.54) is 36.3 Å². The summed E-state index contributed by atoms with van der Waals surface area (Å²) in [5.41, 5.74) is 1.97. The molecule has 0 radical (unpaired) electrons. The van der Waals surface area contributed by atoms with Crippen LogP contribution in [0.4, 0.5) is 24.5 Å². The monoisotopic (exact) mass is 422 g/mol. The van der Waals surface area contributed by atoms with Gasteiger partial charge in [-0.1, -0.05) is 6.07 Å². The molecular formula is C21H21F3N2O4. The second kappa shape index (κ2) is 8.64. The van der Waals surface area contributed by atoms with Crippen LogP contribution in [0.3, 0.4) is 0 Å². The molecule has 1 fully saturated rings. The second-order valence-electron chi connectivity index (χ2n) is 7.00. The third-order valence-corrected chi connectivity index (χ3v) is 4.65. The van der Waals surface area contributed by atoms with Crippen molar-refractivity contribution in [2.45, 2.75) is 19.5 Å². The molecule has 30 heavy (non-hydrogen) atoms. The van der Waals surface area contributed by atoms with Crippen molar-refractivity contribution in [1.82, 2.24) is 0 Å². The van der Waals surface area contributed by atoms with E-state index in [2.05, 4.69) is 10.1 Å². The number of nitrogens with zero attached hydrogens (tertiary/aromatic N) is 1. The number of halogens is 3. The zero-order chi connectivity index (χ0) is 21.9. The number of anilines is 2. The van der Waals surface area contributed by atoms with E-state index in [1.807, 2.05) is 19.1 Å². The van der Waals surface area contributed by atoms with Gasteiger partial charge in [-0.05, 0) is 48.9 Å². The molecule has 0 saturated carbocycles. The van der Waals surface area contributed by atoms with Gasteiger partial charge in [0.25, 0.3) is 0 Å². The fourth-order valence-electron chi connectivity index (χ4n) is 3.17. The van der Waals surface area contributed by atoms with E-state index in [-0.39, 0.29) is 30.5 Å². The first-order chi connectivity index (χ1) is 14.2. The molecule has 1 N–H and O–H groups in total. The largest absolute Gasteiger partial charge is 0.495 e. The van der Waals surface area contributed by atoms with Gasteiger partial charge in [0.15, 0.2) is 6.61 Å². The molecule has 2 amide bonds. The Labute approximate surface area is 171 Å². The minimum atomic E-state index is -4.42. The summed E-state index contributed by atoms with van der Waals surface area (Å²) in [7, 11) is 1.51. The predicted molar refractivity (Wildman–Crippen MR) is 105 cm³/mol. The number of methoxy groups -OCH3 is 1. The van der Waals surface area contributed by atoms with Crippen molar-refractivity contribution in [2.75, 3.05) is 30.5 Å². The van der Waals surface area contributed by atoms with Crippen LogP contribution in [0.25, 0.3) is 0 Å². The van der Waals surface area contributed by atoms with Crippen LogP contribution in [0, 0.1) is 12.8 Å². The van der Waals surface area contributed by atoms with Crippen LogP contribution in [-0.2, 0) is 9.59 Å². The van der Waals surface area contributed by atoms with Crippen LogP contribution in [0.2, 0.25) is 0 Å². The lowest BCUT2D eigenvalue weighted by Gasteiger charge is -2.20. The molecule has 6 nitrogen and oxygen atoms in total. The standard InChI is InChI=1S/C21H21F3N2O4/c1-13-3-8-18(29-2)17(9-13)26-11-14(10-19(26)27)20(28)25-15-4-6-16(7-5-15)30-12-21(22,23)24/h3-9,14H,10-12H2,1-2H3,(H,25,28). The normalized spacial score (nSPS) is 16.5. The number of hydrogen-bond donors (Lipinski definition) is 1. The van der Waals surface area contributed by atoms with Gasteiger partial charge in [-0.2, -0.15) is 13.2 Å². The number of rotatable bonds is 6. The molecule has 0 aliphatic carbocycles. The Morgan fingerprint density at radius 1 is 1.20 bits per heavy atom. The van der Waals surface area contributed by atoms with Crippen LogP contribution in [0.15, 0.2) is 42.5 Å². The highest BCUT2D eigenvalue weighted by Crippen LogP contribution is 2.34. The fourth-order valence-corrected chi connectivity index (χ4v) is 3.17. The van der Waals surface area contributed by atoms with Crippen molar-refractivity contribution < 1.29 is 32.2 Å². The molecule has 0 bridgehead atoms. The number of carbonyl (C=O) groups is 2. The molecule has 2 aromatic rings. The number of ether oxygens (including phenoxy) is 2. The van der Waals surface area contributed by atoms with Gasteiger partial charge < -0.3 is 19.7 Å². The Morgan fingerprint density at radius 2 is 1.90 bits per heavy atom. The smallest absolute Gasteiger partial charge is 0.422 e. The summed E-state index contributed by atoms with van der Waals surface area (Å²) in [4.78, 5) is 26.6. The van der Waals surface area contributed by atoms with Gasteiger partial charge in [0.2, 0.25) is 11.8 Å². The molecular weight excluding hydrogens is 401 g/mol. The molecule has 1 aliphatic rings. The number of carbonyl (C=O) groups excluding carboxylic acids is 2.